The summed E-state index contributed by atoms with van der Waals surface area (Å²) in [6.45, 7) is 4.25. The smallest absolute Gasteiger partial charge is 0.251 e. The molecule has 5 nitrogen and oxygen atoms in total. The van der Waals surface area contributed by atoms with Gasteiger partial charge in [-0.15, -0.1) is 0 Å². The van der Waals surface area contributed by atoms with E-state index in [9.17, 15) is 4.79 Å². The van der Waals surface area contributed by atoms with Gasteiger partial charge in [0.1, 0.15) is 0 Å². The van der Waals surface area contributed by atoms with Crippen molar-refractivity contribution in [1.29, 1.82) is 0 Å². The molecule has 0 saturated heterocycles. The Bertz CT molecular complexity index is 687. The van der Waals surface area contributed by atoms with Crippen molar-refractivity contribution in [1.82, 2.24) is 15.5 Å². The lowest BCUT2D eigenvalue weighted by molar-refractivity contribution is 0.0949. The van der Waals surface area contributed by atoms with Gasteiger partial charge in [0.05, 0.1) is 6.54 Å². The molecular formula is C18H23N3O2. The summed E-state index contributed by atoms with van der Waals surface area (Å²) in [6, 6.07) is 5.80. The molecule has 5 heteroatoms. The highest BCUT2D eigenvalue weighted by atomic mass is 16.5. The molecular weight excluding hydrogens is 290 g/mol. The van der Waals surface area contributed by atoms with Crippen LogP contribution in [0.5, 0.6) is 0 Å². The summed E-state index contributed by atoms with van der Waals surface area (Å²) in [4.78, 5) is 16.7. The Kier molecular flexibility index (Phi) is 4.74. The third-order valence-electron chi connectivity index (χ3n) is 4.47. The van der Waals surface area contributed by atoms with Gasteiger partial charge in [0.15, 0.2) is 5.82 Å². The topological polar surface area (TPSA) is 68.0 Å². The molecule has 0 unspecified atom stereocenters. The summed E-state index contributed by atoms with van der Waals surface area (Å²) >= 11 is 0. The minimum absolute atomic E-state index is 0.105. The number of aryl methyl sites for hydroxylation is 2. The van der Waals surface area contributed by atoms with Crippen molar-refractivity contribution in [3.63, 3.8) is 0 Å². The number of nitrogens with one attached hydrogen (secondary N) is 1. The maximum Gasteiger partial charge on any atom is 0.251 e. The van der Waals surface area contributed by atoms with Crippen LogP contribution < -0.4 is 5.32 Å². The number of amides is 1. The first kappa shape index (κ1) is 15.7. The zero-order valence-corrected chi connectivity index (χ0v) is 13.8. The van der Waals surface area contributed by atoms with Crippen LogP contribution in [-0.2, 0) is 6.54 Å². The van der Waals surface area contributed by atoms with Crippen LogP contribution in [0.2, 0.25) is 0 Å². The van der Waals surface area contributed by atoms with E-state index in [4.69, 9.17) is 4.52 Å². The van der Waals surface area contributed by atoms with Gasteiger partial charge in [0.2, 0.25) is 5.89 Å². The van der Waals surface area contributed by atoms with E-state index in [0.29, 0.717) is 23.9 Å². The van der Waals surface area contributed by atoms with Gasteiger partial charge in [-0.25, -0.2) is 0 Å². The number of nitrogens with zero attached hydrogens (tertiary/aromatic N) is 2. The largest absolute Gasteiger partial charge is 0.345 e. The highest BCUT2D eigenvalue weighted by Crippen LogP contribution is 2.31. The van der Waals surface area contributed by atoms with Crippen LogP contribution in [0.25, 0.3) is 0 Å². The van der Waals surface area contributed by atoms with Crippen molar-refractivity contribution in [2.75, 3.05) is 0 Å². The molecule has 1 aliphatic rings. The summed E-state index contributed by atoms with van der Waals surface area (Å²) in [6.07, 6.45) is 5.99. The molecule has 1 amide bonds. The Balaban J connectivity index is 1.59. The van der Waals surface area contributed by atoms with E-state index in [2.05, 4.69) is 15.5 Å². The SMILES string of the molecule is Cc1ccc(C(=O)NCc2noc(C3CCCCC3)n2)c(C)c1. The highest BCUT2D eigenvalue weighted by Gasteiger charge is 2.21. The molecule has 1 aromatic carbocycles. The second-order valence-electron chi connectivity index (χ2n) is 6.38. The molecule has 3 rings (SSSR count). The molecule has 122 valence electrons. The normalized spacial score (nSPS) is 15.6. The molecule has 2 aromatic rings. The van der Waals surface area contributed by atoms with E-state index in [0.717, 1.165) is 29.9 Å². The van der Waals surface area contributed by atoms with Crippen molar-refractivity contribution in [3.8, 4) is 0 Å². The summed E-state index contributed by atoms with van der Waals surface area (Å²) in [5.41, 5.74) is 2.81. The zero-order chi connectivity index (χ0) is 16.2. The molecule has 0 atom stereocenters. The number of hydrogen-bond acceptors (Lipinski definition) is 4. The van der Waals surface area contributed by atoms with Crippen LogP contribution >= 0.6 is 0 Å². The number of benzene rings is 1. The lowest BCUT2D eigenvalue weighted by atomic mass is 9.89. The van der Waals surface area contributed by atoms with E-state index in [1.54, 1.807) is 0 Å². The van der Waals surface area contributed by atoms with Crippen molar-refractivity contribution in [2.24, 2.45) is 0 Å². The van der Waals surface area contributed by atoms with Crippen molar-refractivity contribution in [3.05, 3.63) is 46.6 Å². The van der Waals surface area contributed by atoms with Crippen LogP contribution in [0, 0.1) is 13.8 Å². The Morgan fingerprint density at radius 2 is 2.04 bits per heavy atom. The first-order chi connectivity index (χ1) is 11.1. The zero-order valence-electron chi connectivity index (χ0n) is 13.8. The van der Waals surface area contributed by atoms with Crippen LogP contribution in [-0.4, -0.2) is 16.0 Å². The predicted molar refractivity (Wildman–Crippen MR) is 87.2 cm³/mol. The first-order valence-corrected chi connectivity index (χ1v) is 8.31. The third-order valence-corrected chi connectivity index (χ3v) is 4.47. The van der Waals surface area contributed by atoms with Gasteiger partial charge in [-0.1, -0.05) is 42.1 Å². The molecule has 0 aliphatic heterocycles. The lowest BCUT2D eigenvalue weighted by Crippen LogP contribution is -2.24. The number of carbonyl (C=O) groups is 1. The van der Waals surface area contributed by atoms with E-state index >= 15 is 0 Å². The standard InChI is InChI=1S/C18H23N3O2/c1-12-8-9-15(13(2)10-12)17(22)19-11-16-20-18(23-21-16)14-6-4-3-5-7-14/h8-10,14H,3-7,11H2,1-2H3,(H,19,22). The Morgan fingerprint density at radius 3 is 2.78 bits per heavy atom. The van der Waals surface area contributed by atoms with Gasteiger partial charge in [-0.3, -0.25) is 4.79 Å². The Labute approximate surface area is 136 Å². The average Bonchev–Trinajstić information content (AvgIpc) is 3.02. The Morgan fingerprint density at radius 1 is 1.26 bits per heavy atom. The maximum absolute atomic E-state index is 12.3. The minimum Gasteiger partial charge on any atom is -0.345 e. The van der Waals surface area contributed by atoms with E-state index in [1.165, 1.54) is 19.3 Å². The van der Waals surface area contributed by atoms with Gasteiger partial charge in [0, 0.05) is 11.5 Å². The lowest BCUT2D eigenvalue weighted by Gasteiger charge is -2.17. The number of carbonyl (C=O) groups excluding carboxylic acids is 1. The van der Waals surface area contributed by atoms with Crippen LogP contribution in [0.15, 0.2) is 22.7 Å². The molecule has 1 aromatic heterocycles. The van der Waals surface area contributed by atoms with Gasteiger partial charge in [0.25, 0.3) is 5.91 Å². The van der Waals surface area contributed by atoms with E-state index in [-0.39, 0.29) is 5.91 Å². The van der Waals surface area contributed by atoms with Crippen LogP contribution in [0.1, 0.15) is 71.2 Å². The summed E-state index contributed by atoms with van der Waals surface area (Å²) in [5, 5.41) is 6.86. The maximum atomic E-state index is 12.3. The molecule has 23 heavy (non-hydrogen) atoms. The van der Waals surface area contributed by atoms with Crippen molar-refractivity contribution < 1.29 is 9.32 Å². The average molecular weight is 313 g/mol. The van der Waals surface area contributed by atoms with Gasteiger partial charge >= 0.3 is 0 Å². The number of hydrogen-bond donors (Lipinski definition) is 1. The molecule has 1 saturated carbocycles. The van der Waals surface area contributed by atoms with Gasteiger partial charge < -0.3 is 9.84 Å². The second kappa shape index (κ2) is 6.94. The van der Waals surface area contributed by atoms with E-state index in [1.807, 2.05) is 32.0 Å². The molecule has 1 N–H and O–H groups in total. The fourth-order valence-corrected chi connectivity index (χ4v) is 3.18. The van der Waals surface area contributed by atoms with Gasteiger partial charge in [-0.05, 0) is 38.3 Å². The second-order valence-corrected chi connectivity index (χ2v) is 6.38. The molecule has 0 radical (unpaired) electrons. The monoisotopic (exact) mass is 313 g/mol. The summed E-state index contributed by atoms with van der Waals surface area (Å²) in [5.74, 6) is 1.55. The van der Waals surface area contributed by atoms with Crippen LogP contribution in [0.4, 0.5) is 0 Å². The summed E-state index contributed by atoms with van der Waals surface area (Å²) in [7, 11) is 0. The van der Waals surface area contributed by atoms with Gasteiger partial charge in [-0.2, -0.15) is 4.98 Å². The number of aromatic nitrogens is 2. The molecule has 0 bridgehead atoms. The predicted octanol–water partition coefficient (Wildman–Crippen LogP) is 3.66. The van der Waals surface area contributed by atoms with Crippen LogP contribution in [0.3, 0.4) is 0 Å². The fraction of sp³-hybridized carbons (Fsp3) is 0.500. The molecule has 0 spiro atoms. The molecule has 1 aliphatic carbocycles. The highest BCUT2D eigenvalue weighted by molar-refractivity contribution is 5.95. The van der Waals surface area contributed by atoms with Crippen molar-refractivity contribution >= 4 is 5.91 Å². The Hall–Kier alpha value is -2.17. The number of rotatable bonds is 4. The molecule has 1 heterocycles. The van der Waals surface area contributed by atoms with E-state index < -0.39 is 0 Å². The first-order valence-electron chi connectivity index (χ1n) is 8.31. The summed E-state index contributed by atoms with van der Waals surface area (Å²) < 4.78 is 5.37. The van der Waals surface area contributed by atoms with Crippen molar-refractivity contribution in [2.45, 2.75) is 58.4 Å². The molecule has 1 fully saturated rings. The minimum atomic E-state index is -0.105. The third kappa shape index (κ3) is 3.78. The quantitative estimate of drug-likeness (QED) is 0.935. The fourth-order valence-electron chi connectivity index (χ4n) is 3.18.